The number of carboxylic acid groups (broad SMARTS) is 1. The summed E-state index contributed by atoms with van der Waals surface area (Å²) in [4.78, 5) is 23.4. The van der Waals surface area contributed by atoms with E-state index in [1.165, 1.54) is 18.2 Å². The molecule has 6 heteroatoms. The average Bonchev–Trinajstić information content (AvgIpc) is 2.56. The number of aryl methyl sites for hydroxylation is 1. The Kier molecular flexibility index (Phi) is 2.12. The molecule has 0 aliphatic carbocycles. The standard InChI is InChI=1S/C10H8N2O4/c1-5-7-4-6(12(15)16)2-3-8(7)11-9(5)10(13)14/h2-4,11H,1H3,(H,13,14)/p-1. The largest absolute Gasteiger partial charge is 0.543 e. The second-order valence-electron chi connectivity index (χ2n) is 3.40. The zero-order valence-electron chi connectivity index (χ0n) is 8.31. The van der Waals surface area contributed by atoms with Crippen molar-refractivity contribution in [3.8, 4) is 0 Å². The molecule has 0 saturated heterocycles. The van der Waals surface area contributed by atoms with Crippen LogP contribution in [-0.4, -0.2) is 15.9 Å². The van der Waals surface area contributed by atoms with Crippen LogP contribution in [0.4, 0.5) is 5.69 Å². The summed E-state index contributed by atoms with van der Waals surface area (Å²) < 4.78 is 0. The van der Waals surface area contributed by atoms with E-state index in [4.69, 9.17) is 0 Å². The number of aromatic nitrogens is 1. The second kappa shape index (κ2) is 3.34. The van der Waals surface area contributed by atoms with Crippen molar-refractivity contribution in [3.05, 3.63) is 39.6 Å². The highest BCUT2D eigenvalue weighted by Gasteiger charge is 2.12. The SMILES string of the molecule is Cc1c(C(=O)[O-])[nH]c2ccc([N+](=O)[O-])cc12. The van der Waals surface area contributed by atoms with E-state index in [2.05, 4.69) is 4.98 Å². The summed E-state index contributed by atoms with van der Waals surface area (Å²) in [6.07, 6.45) is 0. The molecular formula is C10H7N2O4-. The summed E-state index contributed by atoms with van der Waals surface area (Å²) in [6.45, 7) is 1.58. The predicted octanol–water partition coefficient (Wildman–Crippen LogP) is 0.748. The molecule has 0 saturated carbocycles. The van der Waals surface area contributed by atoms with E-state index in [0.29, 0.717) is 16.5 Å². The third-order valence-corrected chi connectivity index (χ3v) is 2.46. The van der Waals surface area contributed by atoms with Crippen LogP contribution in [0.25, 0.3) is 10.9 Å². The van der Waals surface area contributed by atoms with Crippen LogP contribution in [0.5, 0.6) is 0 Å². The van der Waals surface area contributed by atoms with Crippen LogP contribution < -0.4 is 5.11 Å². The first-order valence-electron chi connectivity index (χ1n) is 4.49. The van der Waals surface area contributed by atoms with Gasteiger partial charge in [0.15, 0.2) is 0 Å². The van der Waals surface area contributed by atoms with Crippen LogP contribution in [0.1, 0.15) is 16.1 Å². The van der Waals surface area contributed by atoms with Crippen LogP contribution in [0, 0.1) is 17.0 Å². The number of fused-ring (bicyclic) bond motifs is 1. The number of non-ortho nitro benzene ring substituents is 1. The van der Waals surface area contributed by atoms with E-state index in [9.17, 15) is 20.0 Å². The minimum absolute atomic E-state index is 0.0458. The van der Waals surface area contributed by atoms with Crippen LogP contribution in [-0.2, 0) is 0 Å². The number of aromatic amines is 1. The highest BCUT2D eigenvalue weighted by atomic mass is 16.6. The Morgan fingerprint density at radius 2 is 2.12 bits per heavy atom. The lowest BCUT2D eigenvalue weighted by Gasteiger charge is -1.98. The molecule has 0 aliphatic heterocycles. The molecule has 0 radical (unpaired) electrons. The zero-order valence-corrected chi connectivity index (χ0v) is 8.31. The van der Waals surface area contributed by atoms with Crippen LogP contribution in [0.3, 0.4) is 0 Å². The number of hydrogen-bond acceptors (Lipinski definition) is 4. The first-order valence-corrected chi connectivity index (χ1v) is 4.49. The minimum Gasteiger partial charge on any atom is -0.543 e. The fraction of sp³-hybridized carbons (Fsp3) is 0.100. The van der Waals surface area contributed by atoms with Crippen LogP contribution >= 0.6 is 0 Å². The van der Waals surface area contributed by atoms with E-state index < -0.39 is 10.9 Å². The maximum absolute atomic E-state index is 10.7. The van der Waals surface area contributed by atoms with E-state index in [1.807, 2.05) is 0 Å². The van der Waals surface area contributed by atoms with Gasteiger partial charge in [0, 0.05) is 23.0 Å². The maximum Gasteiger partial charge on any atom is 0.270 e. The van der Waals surface area contributed by atoms with Crippen molar-refractivity contribution in [2.75, 3.05) is 0 Å². The number of nitro groups is 1. The van der Waals surface area contributed by atoms with E-state index in [0.717, 1.165) is 0 Å². The quantitative estimate of drug-likeness (QED) is 0.594. The number of carbonyl (C=O) groups is 1. The Morgan fingerprint density at radius 3 is 2.69 bits per heavy atom. The number of rotatable bonds is 2. The van der Waals surface area contributed by atoms with Crippen molar-refractivity contribution in [2.45, 2.75) is 6.92 Å². The Morgan fingerprint density at radius 1 is 1.44 bits per heavy atom. The third-order valence-electron chi connectivity index (χ3n) is 2.46. The third kappa shape index (κ3) is 1.40. The summed E-state index contributed by atoms with van der Waals surface area (Å²) in [7, 11) is 0. The van der Waals surface area contributed by atoms with Crippen molar-refractivity contribution >= 4 is 22.6 Å². The molecule has 1 aromatic carbocycles. The van der Waals surface area contributed by atoms with Gasteiger partial charge in [0.2, 0.25) is 0 Å². The fourth-order valence-corrected chi connectivity index (χ4v) is 1.63. The number of nitrogens with one attached hydrogen (secondary N) is 1. The van der Waals surface area contributed by atoms with Crippen molar-refractivity contribution in [3.63, 3.8) is 0 Å². The van der Waals surface area contributed by atoms with Gasteiger partial charge in [-0.05, 0) is 18.6 Å². The summed E-state index contributed by atoms with van der Waals surface area (Å²) in [5.74, 6) is -1.32. The predicted molar refractivity (Wildman–Crippen MR) is 54.0 cm³/mol. The molecule has 0 spiro atoms. The number of benzene rings is 1. The number of carboxylic acids is 1. The monoisotopic (exact) mass is 219 g/mol. The van der Waals surface area contributed by atoms with Crippen molar-refractivity contribution in [2.24, 2.45) is 0 Å². The number of nitrogens with zero attached hydrogens (tertiary/aromatic N) is 1. The molecule has 82 valence electrons. The van der Waals surface area contributed by atoms with Gasteiger partial charge in [-0.1, -0.05) is 0 Å². The number of carbonyl (C=O) groups excluding carboxylic acids is 1. The lowest BCUT2D eigenvalue weighted by molar-refractivity contribution is -0.384. The molecule has 1 N–H and O–H groups in total. The first-order chi connectivity index (χ1) is 7.50. The number of nitro benzene ring substituents is 1. The Bertz CT molecular complexity index is 600. The molecule has 1 heterocycles. The molecule has 1 aromatic heterocycles. The lowest BCUT2D eigenvalue weighted by Crippen LogP contribution is -2.23. The van der Waals surface area contributed by atoms with Crippen molar-refractivity contribution < 1.29 is 14.8 Å². The molecule has 2 aromatic rings. The molecule has 0 bridgehead atoms. The minimum atomic E-state index is -1.32. The molecule has 6 nitrogen and oxygen atoms in total. The van der Waals surface area contributed by atoms with Crippen molar-refractivity contribution in [1.29, 1.82) is 0 Å². The van der Waals surface area contributed by atoms with Crippen LogP contribution in [0.15, 0.2) is 18.2 Å². The molecule has 0 fully saturated rings. The summed E-state index contributed by atoms with van der Waals surface area (Å²) in [5, 5.41) is 21.8. The van der Waals surface area contributed by atoms with Crippen LogP contribution in [0.2, 0.25) is 0 Å². The zero-order chi connectivity index (χ0) is 11.9. The Hall–Kier alpha value is -2.37. The van der Waals surface area contributed by atoms with E-state index in [-0.39, 0.29) is 11.4 Å². The van der Waals surface area contributed by atoms with Gasteiger partial charge in [-0.3, -0.25) is 10.1 Å². The molecule has 0 amide bonds. The van der Waals surface area contributed by atoms with Gasteiger partial charge in [0.05, 0.1) is 16.6 Å². The second-order valence-corrected chi connectivity index (χ2v) is 3.40. The highest BCUT2D eigenvalue weighted by molar-refractivity contribution is 5.96. The number of hydrogen-bond donors (Lipinski definition) is 1. The van der Waals surface area contributed by atoms with E-state index >= 15 is 0 Å². The summed E-state index contributed by atoms with van der Waals surface area (Å²) >= 11 is 0. The average molecular weight is 219 g/mol. The van der Waals surface area contributed by atoms with Crippen molar-refractivity contribution in [1.82, 2.24) is 4.98 Å². The molecule has 0 atom stereocenters. The fourth-order valence-electron chi connectivity index (χ4n) is 1.63. The number of aromatic carboxylic acids is 1. The van der Waals surface area contributed by atoms with Gasteiger partial charge in [0.25, 0.3) is 5.69 Å². The van der Waals surface area contributed by atoms with Gasteiger partial charge < -0.3 is 14.9 Å². The molecule has 0 aliphatic rings. The number of H-pyrrole nitrogens is 1. The lowest BCUT2D eigenvalue weighted by atomic mass is 10.1. The molecule has 2 rings (SSSR count). The normalized spacial score (nSPS) is 10.6. The maximum atomic E-state index is 10.7. The topological polar surface area (TPSA) is 99.1 Å². The smallest absolute Gasteiger partial charge is 0.270 e. The summed E-state index contributed by atoms with van der Waals surface area (Å²) in [5.41, 5.74) is 0.871. The summed E-state index contributed by atoms with van der Waals surface area (Å²) in [6, 6.07) is 4.14. The Balaban J connectivity index is 2.73. The van der Waals surface area contributed by atoms with Gasteiger partial charge in [0.1, 0.15) is 0 Å². The Labute approximate surface area is 89.7 Å². The highest BCUT2D eigenvalue weighted by Crippen LogP contribution is 2.25. The van der Waals surface area contributed by atoms with E-state index in [1.54, 1.807) is 6.92 Å². The van der Waals surface area contributed by atoms with Gasteiger partial charge in [-0.2, -0.15) is 0 Å². The molecule has 0 unspecified atom stereocenters. The first kappa shape index (κ1) is 10.2. The van der Waals surface area contributed by atoms with Gasteiger partial charge in [-0.25, -0.2) is 0 Å². The van der Waals surface area contributed by atoms with Gasteiger partial charge >= 0.3 is 0 Å². The molecular weight excluding hydrogens is 212 g/mol. The van der Waals surface area contributed by atoms with Gasteiger partial charge in [-0.15, -0.1) is 0 Å². The molecule has 16 heavy (non-hydrogen) atoms.